The Morgan fingerprint density at radius 2 is 2.12 bits per heavy atom. The van der Waals surface area contributed by atoms with Gasteiger partial charge in [0.1, 0.15) is 0 Å². The Balaban J connectivity index is 3.21. The van der Waals surface area contributed by atoms with Gasteiger partial charge in [0.15, 0.2) is 0 Å². The topological polar surface area (TPSA) is 81.5 Å². The van der Waals surface area contributed by atoms with Crippen LogP contribution in [0.25, 0.3) is 0 Å². The molecule has 17 heavy (non-hydrogen) atoms. The molecule has 0 aliphatic carbocycles. The summed E-state index contributed by atoms with van der Waals surface area (Å²) in [5.74, 6) is -0.600. The van der Waals surface area contributed by atoms with Gasteiger partial charge in [0, 0.05) is 23.9 Å². The van der Waals surface area contributed by atoms with Crippen LogP contribution < -0.4 is 5.32 Å². The summed E-state index contributed by atoms with van der Waals surface area (Å²) >= 11 is 0. The van der Waals surface area contributed by atoms with Crippen LogP contribution in [0.3, 0.4) is 0 Å². The van der Waals surface area contributed by atoms with E-state index in [1.807, 2.05) is 13.8 Å². The molecule has 1 aromatic rings. The quantitative estimate of drug-likeness (QED) is 0.494. The van der Waals surface area contributed by atoms with E-state index < -0.39 is 10.9 Å². The van der Waals surface area contributed by atoms with E-state index in [0.717, 1.165) is 0 Å². The summed E-state index contributed by atoms with van der Waals surface area (Å²) in [6, 6.07) is 4.16. The molecular weight excluding hydrogens is 224 g/mol. The van der Waals surface area contributed by atoms with E-state index in [4.69, 9.17) is 0 Å². The predicted molar refractivity (Wildman–Crippen MR) is 63.2 cm³/mol. The minimum Gasteiger partial charge on any atom is -0.465 e. The van der Waals surface area contributed by atoms with Crippen molar-refractivity contribution in [2.75, 3.05) is 12.4 Å². The number of hydrogen-bond acceptors (Lipinski definition) is 5. The summed E-state index contributed by atoms with van der Waals surface area (Å²) in [7, 11) is 1.24. The van der Waals surface area contributed by atoms with Crippen LogP contribution in [-0.4, -0.2) is 24.0 Å². The van der Waals surface area contributed by atoms with E-state index in [0.29, 0.717) is 5.69 Å². The van der Waals surface area contributed by atoms with Gasteiger partial charge in [-0.15, -0.1) is 0 Å². The van der Waals surface area contributed by atoms with E-state index in [1.54, 1.807) is 0 Å². The second kappa shape index (κ2) is 5.29. The highest BCUT2D eigenvalue weighted by atomic mass is 16.6. The largest absolute Gasteiger partial charge is 0.465 e. The molecule has 0 bridgehead atoms. The standard InChI is InChI=1S/C11H14N2O4/c1-7(2)12-10-5-4-8(13(15)16)6-9(10)11(14)17-3/h4-7,12H,1-3H3. The van der Waals surface area contributed by atoms with E-state index in [-0.39, 0.29) is 17.3 Å². The number of nitrogens with one attached hydrogen (secondary N) is 1. The van der Waals surface area contributed by atoms with E-state index in [1.165, 1.54) is 25.3 Å². The summed E-state index contributed by atoms with van der Waals surface area (Å²) in [5, 5.41) is 13.7. The first kappa shape index (κ1) is 13.0. The maximum Gasteiger partial charge on any atom is 0.340 e. The highest BCUT2D eigenvalue weighted by Gasteiger charge is 2.17. The smallest absolute Gasteiger partial charge is 0.340 e. The predicted octanol–water partition coefficient (Wildman–Crippen LogP) is 2.20. The molecule has 0 fully saturated rings. The number of rotatable bonds is 4. The zero-order valence-electron chi connectivity index (χ0n) is 9.89. The Kier molecular flexibility index (Phi) is 4.03. The van der Waals surface area contributed by atoms with Crippen molar-refractivity contribution in [1.29, 1.82) is 0 Å². The van der Waals surface area contributed by atoms with Crippen molar-refractivity contribution in [2.24, 2.45) is 0 Å². The van der Waals surface area contributed by atoms with Crippen molar-refractivity contribution in [3.05, 3.63) is 33.9 Å². The molecule has 0 aromatic heterocycles. The fraction of sp³-hybridized carbons (Fsp3) is 0.364. The second-order valence-corrected chi connectivity index (χ2v) is 3.78. The van der Waals surface area contributed by atoms with Gasteiger partial charge in [-0.3, -0.25) is 10.1 Å². The fourth-order valence-electron chi connectivity index (χ4n) is 1.36. The number of esters is 1. The van der Waals surface area contributed by atoms with Crippen LogP contribution in [0.4, 0.5) is 11.4 Å². The first-order chi connectivity index (χ1) is 7.95. The second-order valence-electron chi connectivity index (χ2n) is 3.78. The highest BCUT2D eigenvalue weighted by molar-refractivity contribution is 5.96. The van der Waals surface area contributed by atoms with Crippen molar-refractivity contribution in [1.82, 2.24) is 0 Å². The number of nitro benzene ring substituents is 1. The van der Waals surface area contributed by atoms with Crippen LogP contribution >= 0.6 is 0 Å². The number of benzene rings is 1. The Labute approximate surface area is 98.7 Å². The van der Waals surface area contributed by atoms with Crippen LogP contribution in [0.15, 0.2) is 18.2 Å². The molecule has 0 spiro atoms. The number of carbonyl (C=O) groups excluding carboxylic acids is 1. The van der Waals surface area contributed by atoms with Crippen molar-refractivity contribution in [3.63, 3.8) is 0 Å². The third kappa shape index (κ3) is 3.17. The third-order valence-electron chi connectivity index (χ3n) is 2.06. The van der Waals surface area contributed by atoms with Gasteiger partial charge in [0.25, 0.3) is 5.69 Å². The van der Waals surface area contributed by atoms with Gasteiger partial charge in [0.05, 0.1) is 17.6 Å². The summed E-state index contributed by atoms with van der Waals surface area (Å²) in [5.41, 5.74) is 0.549. The van der Waals surface area contributed by atoms with Gasteiger partial charge >= 0.3 is 5.97 Å². The number of nitro groups is 1. The van der Waals surface area contributed by atoms with E-state index >= 15 is 0 Å². The molecule has 0 saturated carbocycles. The van der Waals surface area contributed by atoms with Crippen molar-refractivity contribution >= 4 is 17.3 Å². The average molecular weight is 238 g/mol. The number of ether oxygens (including phenoxy) is 1. The van der Waals surface area contributed by atoms with E-state index in [2.05, 4.69) is 10.1 Å². The zero-order chi connectivity index (χ0) is 13.0. The molecule has 1 aromatic carbocycles. The number of non-ortho nitro benzene ring substituents is 1. The van der Waals surface area contributed by atoms with Crippen molar-refractivity contribution in [3.8, 4) is 0 Å². The summed E-state index contributed by atoms with van der Waals surface area (Å²) in [6.07, 6.45) is 0. The molecule has 0 saturated heterocycles. The lowest BCUT2D eigenvalue weighted by atomic mass is 10.1. The number of nitrogens with zero attached hydrogens (tertiary/aromatic N) is 1. The van der Waals surface area contributed by atoms with Crippen LogP contribution in [0, 0.1) is 10.1 Å². The summed E-state index contributed by atoms with van der Waals surface area (Å²) < 4.78 is 4.59. The SMILES string of the molecule is COC(=O)c1cc([N+](=O)[O-])ccc1NC(C)C. The lowest BCUT2D eigenvalue weighted by molar-refractivity contribution is -0.384. The normalized spacial score (nSPS) is 10.1. The Morgan fingerprint density at radius 3 is 2.59 bits per heavy atom. The zero-order valence-corrected chi connectivity index (χ0v) is 9.89. The molecule has 0 unspecified atom stereocenters. The molecule has 0 aliphatic rings. The molecule has 0 radical (unpaired) electrons. The fourth-order valence-corrected chi connectivity index (χ4v) is 1.36. The minimum atomic E-state index is -0.600. The van der Waals surface area contributed by atoms with Crippen molar-refractivity contribution < 1.29 is 14.5 Å². The Morgan fingerprint density at radius 1 is 1.47 bits per heavy atom. The number of methoxy groups -OCH3 is 1. The first-order valence-corrected chi connectivity index (χ1v) is 5.09. The van der Waals surface area contributed by atoms with Gasteiger partial charge in [-0.25, -0.2) is 4.79 Å². The average Bonchev–Trinajstić information content (AvgIpc) is 2.27. The molecule has 0 heterocycles. The maximum atomic E-state index is 11.5. The van der Waals surface area contributed by atoms with Gasteiger partial charge in [0.2, 0.25) is 0 Å². The van der Waals surface area contributed by atoms with Crippen molar-refractivity contribution in [2.45, 2.75) is 19.9 Å². The molecule has 0 atom stereocenters. The molecule has 92 valence electrons. The molecular formula is C11H14N2O4. The summed E-state index contributed by atoms with van der Waals surface area (Å²) in [6.45, 7) is 3.81. The molecule has 0 amide bonds. The van der Waals surface area contributed by atoms with E-state index in [9.17, 15) is 14.9 Å². The van der Waals surface area contributed by atoms with Crippen LogP contribution in [0.1, 0.15) is 24.2 Å². The summed E-state index contributed by atoms with van der Waals surface area (Å²) in [4.78, 5) is 21.6. The van der Waals surface area contributed by atoms with Gasteiger partial charge in [-0.1, -0.05) is 0 Å². The molecule has 1 N–H and O–H groups in total. The maximum absolute atomic E-state index is 11.5. The lowest BCUT2D eigenvalue weighted by Gasteiger charge is -2.13. The monoisotopic (exact) mass is 238 g/mol. The highest BCUT2D eigenvalue weighted by Crippen LogP contribution is 2.23. The van der Waals surface area contributed by atoms with Gasteiger partial charge in [-0.2, -0.15) is 0 Å². The first-order valence-electron chi connectivity index (χ1n) is 5.09. The van der Waals surface area contributed by atoms with Crippen LogP contribution in [0.2, 0.25) is 0 Å². The third-order valence-corrected chi connectivity index (χ3v) is 2.06. The van der Waals surface area contributed by atoms with Gasteiger partial charge < -0.3 is 10.1 Å². The number of carbonyl (C=O) groups is 1. The number of hydrogen-bond donors (Lipinski definition) is 1. The lowest BCUT2D eigenvalue weighted by Crippen LogP contribution is -2.14. The Bertz CT molecular complexity index is 443. The number of anilines is 1. The molecule has 6 heteroatoms. The minimum absolute atomic E-state index is 0.111. The van der Waals surface area contributed by atoms with Crippen LogP contribution in [0.5, 0.6) is 0 Å². The molecule has 1 rings (SSSR count). The Hall–Kier alpha value is -2.11. The van der Waals surface area contributed by atoms with Crippen LogP contribution in [-0.2, 0) is 4.74 Å². The molecule has 0 aliphatic heterocycles. The molecule has 6 nitrogen and oxygen atoms in total. The van der Waals surface area contributed by atoms with Gasteiger partial charge in [-0.05, 0) is 19.9 Å².